The van der Waals surface area contributed by atoms with Gasteiger partial charge >= 0.3 is 0 Å². The summed E-state index contributed by atoms with van der Waals surface area (Å²) in [5.41, 5.74) is 6.08. The highest BCUT2D eigenvalue weighted by atomic mass is 35.5. The number of halogens is 1. The van der Waals surface area contributed by atoms with Gasteiger partial charge in [0, 0.05) is 16.3 Å². The Hall–Kier alpha value is -2.31. The van der Waals surface area contributed by atoms with Crippen molar-refractivity contribution in [2.45, 2.75) is 11.8 Å². The number of anilines is 1. The van der Waals surface area contributed by atoms with E-state index in [1.807, 2.05) is 0 Å². The van der Waals surface area contributed by atoms with E-state index in [0.29, 0.717) is 16.6 Å². The molecule has 2 N–H and O–H groups in total. The minimum absolute atomic E-state index is 0.0542. The minimum Gasteiger partial charge on any atom is -0.399 e. The van der Waals surface area contributed by atoms with Crippen LogP contribution in [-0.4, -0.2) is 12.4 Å². The molecule has 0 fully saturated rings. The van der Waals surface area contributed by atoms with E-state index in [1.165, 1.54) is 24.3 Å². The van der Waals surface area contributed by atoms with Gasteiger partial charge in [-0.25, -0.2) is 8.42 Å². The second-order valence-corrected chi connectivity index (χ2v) is 7.40. The van der Waals surface area contributed by atoms with Crippen molar-refractivity contribution in [1.82, 2.24) is 3.97 Å². The lowest BCUT2D eigenvalue weighted by atomic mass is 10.1. The summed E-state index contributed by atoms with van der Waals surface area (Å²) in [6, 6.07) is 12.2. The SMILES string of the molecule is Cc1cc2ccc(N)cc2n(S(=O)(=O)c2cccc(Cl)c2)c1=O. The number of nitrogens with zero attached hydrogens (tertiary/aromatic N) is 1. The molecule has 0 amide bonds. The second-order valence-electron chi connectivity index (χ2n) is 5.18. The molecule has 3 aromatic rings. The molecule has 0 unspecified atom stereocenters. The van der Waals surface area contributed by atoms with E-state index in [4.69, 9.17) is 17.3 Å². The number of nitrogens with two attached hydrogens (primary N) is 1. The molecule has 0 aliphatic heterocycles. The number of nitrogen functional groups attached to an aromatic ring is 1. The molecule has 3 rings (SSSR count). The summed E-state index contributed by atoms with van der Waals surface area (Å²) in [5.74, 6) is 0. The first-order valence-corrected chi connectivity index (χ1v) is 8.55. The molecule has 1 aromatic heterocycles. The van der Waals surface area contributed by atoms with Gasteiger partial charge in [-0.3, -0.25) is 4.79 Å². The van der Waals surface area contributed by atoms with Gasteiger partial charge in [0.15, 0.2) is 0 Å². The van der Waals surface area contributed by atoms with Gasteiger partial charge in [-0.1, -0.05) is 23.7 Å². The molecule has 118 valence electrons. The van der Waals surface area contributed by atoms with Crippen molar-refractivity contribution in [3.8, 4) is 0 Å². The molecule has 0 spiro atoms. The van der Waals surface area contributed by atoms with Gasteiger partial charge in [-0.05, 0) is 48.7 Å². The van der Waals surface area contributed by atoms with Gasteiger partial charge in [-0.2, -0.15) is 3.97 Å². The molecule has 0 atom stereocenters. The van der Waals surface area contributed by atoms with E-state index in [1.54, 1.807) is 31.2 Å². The van der Waals surface area contributed by atoms with Gasteiger partial charge in [0.25, 0.3) is 15.6 Å². The van der Waals surface area contributed by atoms with Crippen LogP contribution >= 0.6 is 11.6 Å². The molecule has 2 aromatic carbocycles. The largest absolute Gasteiger partial charge is 0.399 e. The summed E-state index contributed by atoms with van der Waals surface area (Å²) in [5, 5.41) is 0.887. The molecule has 5 nitrogen and oxygen atoms in total. The normalized spacial score (nSPS) is 11.7. The van der Waals surface area contributed by atoms with Crippen molar-refractivity contribution in [3.63, 3.8) is 0 Å². The second kappa shape index (κ2) is 5.40. The predicted octanol–water partition coefficient (Wildman–Crippen LogP) is 2.78. The highest BCUT2D eigenvalue weighted by Crippen LogP contribution is 2.23. The number of fused-ring (bicyclic) bond motifs is 1. The Kier molecular flexibility index (Phi) is 3.66. The van der Waals surface area contributed by atoms with Crippen molar-refractivity contribution >= 4 is 38.2 Å². The number of aromatic nitrogens is 1. The molecule has 0 aliphatic rings. The maximum atomic E-state index is 12.9. The quantitative estimate of drug-likeness (QED) is 0.722. The molecular weight excluding hydrogens is 336 g/mol. The first-order valence-electron chi connectivity index (χ1n) is 6.74. The molecular formula is C16H13ClN2O3S. The third kappa shape index (κ3) is 2.60. The zero-order valence-corrected chi connectivity index (χ0v) is 13.7. The molecule has 0 aliphatic carbocycles. The van der Waals surface area contributed by atoms with Crippen molar-refractivity contribution in [2.24, 2.45) is 0 Å². The topological polar surface area (TPSA) is 82.2 Å². The number of pyridine rings is 1. The summed E-state index contributed by atoms with van der Waals surface area (Å²) in [6.07, 6.45) is 0. The maximum absolute atomic E-state index is 12.9. The first kappa shape index (κ1) is 15.6. The van der Waals surface area contributed by atoms with E-state index in [2.05, 4.69) is 0 Å². The van der Waals surface area contributed by atoms with Crippen LogP contribution in [0.4, 0.5) is 5.69 Å². The van der Waals surface area contributed by atoms with Gasteiger partial charge in [0.2, 0.25) is 0 Å². The van der Waals surface area contributed by atoms with Crippen LogP contribution in [0.25, 0.3) is 10.9 Å². The van der Waals surface area contributed by atoms with E-state index in [-0.39, 0.29) is 15.4 Å². The zero-order chi connectivity index (χ0) is 16.8. The number of benzene rings is 2. The molecule has 7 heteroatoms. The number of hydrogen-bond donors (Lipinski definition) is 1. The number of hydrogen-bond acceptors (Lipinski definition) is 4. The third-order valence-electron chi connectivity index (χ3n) is 3.50. The van der Waals surface area contributed by atoms with Crippen molar-refractivity contribution in [3.05, 3.63) is 69.5 Å². The van der Waals surface area contributed by atoms with Crippen LogP contribution in [0.15, 0.2) is 58.2 Å². The molecule has 23 heavy (non-hydrogen) atoms. The fourth-order valence-electron chi connectivity index (χ4n) is 2.39. The van der Waals surface area contributed by atoms with E-state index in [9.17, 15) is 13.2 Å². The molecule has 0 saturated heterocycles. The molecule has 0 bridgehead atoms. The van der Waals surface area contributed by atoms with E-state index in [0.717, 1.165) is 3.97 Å². The Morgan fingerprint density at radius 2 is 1.83 bits per heavy atom. The molecule has 0 radical (unpaired) electrons. The van der Waals surface area contributed by atoms with Crippen LogP contribution in [0.3, 0.4) is 0 Å². The highest BCUT2D eigenvalue weighted by molar-refractivity contribution is 7.90. The summed E-state index contributed by atoms with van der Waals surface area (Å²) < 4.78 is 26.7. The lowest BCUT2D eigenvalue weighted by Crippen LogP contribution is -2.29. The minimum atomic E-state index is -4.09. The zero-order valence-electron chi connectivity index (χ0n) is 12.2. The fraction of sp³-hybridized carbons (Fsp3) is 0.0625. The number of aryl methyl sites for hydroxylation is 1. The Morgan fingerprint density at radius 3 is 2.52 bits per heavy atom. The van der Waals surface area contributed by atoms with Crippen LogP contribution < -0.4 is 11.3 Å². The predicted molar refractivity (Wildman–Crippen MR) is 91.4 cm³/mol. The summed E-state index contributed by atoms with van der Waals surface area (Å²) in [4.78, 5) is 12.5. The molecule has 1 heterocycles. The van der Waals surface area contributed by atoms with Crippen molar-refractivity contribution < 1.29 is 8.42 Å². The summed E-state index contributed by atoms with van der Waals surface area (Å²) in [7, 11) is -4.09. The standard InChI is InChI=1S/C16H13ClN2O3S/c1-10-7-11-5-6-13(18)9-15(11)19(16(10)20)23(21,22)14-4-2-3-12(17)8-14/h2-9H,18H2,1H3. The first-order chi connectivity index (χ1) is 10.8. The summed E-state index contributed by atoms with van der Waals surface area (Å²) >= 11 is 5.88. The van der Waals surface area contributed by atoms with Gasteiger partial charge in [0.1, 0.15) is 0 Å². The van der Waals surface area contributed by atoms with Crippen LogP contribution in [0.1, 0.15) is 5.56 Å². The lowest BCUT2D eigenvalue weighted by Gasteiger charge is -2.13. The molecule has 0 saturated carbocycles. The fourth-order valence-corrected chi connectivity index (χ4v) is 4.17. The average molecular weight is 349 g/mol. The Morgan fingerprint density at radius 1 is 1.09 bits per heavy atom. The van der Waals surface area contributed by atoms with Gasteiger partial charge < -0.3 is 5.73 Å². The Bertz CT molecular complexity index is 1090. The number of rotatable bonds is 2. The lowest BCUT2D eigenvalue weighted by molar-refractivity contribution is 0.587. The van der Waals surface area contributed by atoms with E-state index < -0.39 is 15.6 Å². The Balaban J connectivity index is 2.46. The van der Waals surface area contributed by atoms with Crippen LogP contribution in [0, 0.1) is 6.92 Å². The Labute approximate surface area is 138 Å². The van der Waals surface area contributed by atoms with Crippen LogP contribution in [0.5, 0.6) is 0 Å². The summed E-state index contributed by atoms with van der Waals surface area (Å²) in [6.45, 7) is 1.57. The maximum Gasteiger partial charge on any atom is 0.271 e. The van der Waals surface area contributed by atoms with Crippen LogP contribution in [-0.2, 0) is 10.0 Å². The average Bonchev–Trinajstić information content (AvgIpc) is 2.49. The smallest absolute Gasteiger partial charge is 0.271 e. The third-order valence-corrected chi connectivity index (χ3v) is 5.43. The van der Waals surface area contributed by atoms with Crippen molar-refractivity contribution in [2.75, 3.05) is 5.73 Å². The van der Waals surface area contributed by atoms with Crippen molar-refractivity contribution in [1.29, 1.82) is 0 Å². The van der Waals surface area contributed by atoms with Gasteiger partial charge in [-0.15, -0.1) is 0 Å². The van der Waals surface area contributed by atoms with Crippen LogP contribution in [0.2, 0.25) is 5.02 Å². The van der Waals surface area contributed by atoms with Gasteiger partial charge in [0.05, 0.1) is 10.4 Å². The highest BCUT2D eigenvalue weighted by Gasteiger charge is 2.22. The van der Waals surface area contributed by atoms with E-state index >= 15 is 0 Å². The monoisotopic (exact) mass is 348 g/mol.